The van der Waals surface area contributed by atoms with E-state index in [1.54, 1.807) is 12.1 Å². The number of fused-ring (bicyclic) bond motifs is 1. The Morgan fingerprint density at radius 3 is 2.65 bits per heavy atom. The smallest absolute Gasteiger partial charge is 0.271 e. The Labute approximate surface area is 149 Å². The van der Waals surface area contributed by atoms with Gasteiger partial charge in [0.2, 0.25) is 0 Å². The van der Waals surface area contributed by atoms with E-state index in [4.69, 9.17) is 0 Å². The molecule has 0 bridgehead atoms. The van der Waals surface area contributed by atoms with E-state index in [1.807, 2.05) is 49.7 Å². The van der Waals surface area contributed by atoms with Crippen molar-refractivity contribution < 1.29 is 5.11 Å². The van der Waals surface area contributed by atoms with Crippen LogP contribution in [0.2, 0.25) is 0 Å². The summed E-state index contributed by atoms with van der Waals surface area (Å²) in [6.45, 7) is 0. The Hall–Kier alpha value is -3.47. The van der Waals surface area contributed by atoms with Gasteiger partial charge in [-0.3, -0.25) is 15.0 Å². The standard InChI is InChI=1S/C21H19N3O2/c1-24-13-15(17-4-2-3-5-20(17)24)12-18-19(22-23-21(18)26)11-8-14-6-9-16(25)10-7-14/h2-7,9-13,22,25H,8H2,1H3,(H,23,26). The van der Waals surface area contributed by atoms with Crippen LogP contribution in [0.1, 0.15) is 11.1 Å². The molecule has 0 saturated heterocycles. The van der Waals surface area contributed by atoms with E-state index < -0.39 is 0 Å². The SMILES string of the molecule is Cn1cc(C=c2c(=O)[nH][nH]c2=CCc2ccc(O)cc2)c2ccccc21. The fourth-order valence-corrected chi connectivity index (χ4v) is 3.18. The Balaban J connectivity index is 1.81. The molecule has 4 rings (SSSR count). The maximum Gasteiger partial charge on any atom is 0.271 e. The number of aromatic hydroxyl groups is 1. The van der Waals surface area contributed by atoms with Crippen LogP contribution in [0.25, 0.3) is 23.1 Å². The fourth-order valence-electron chi connectivity index (χ4n) is 3.18. The van der Waals surface area contributed by atoms with Gasteiger partial charge in [0.05, 0.1) is 10.6 Å². The minimum atomic E-state index is -0.144. The molecule has 0 amide bonds. The lowest BCUT2D eigenvalue weighted by atomic mass is 10.1. The van der Waals surface area contributed by atoms with Gasteiger partial charge in [0.1, 0.15) is 5.75 Å². The quantitative estimate of drug-likeness (QED) is 0.529. The van der Waals surface area contributed by atoms with E-state index in [-0.39, 0.29) is 11.3 Å². The van der Waals surface area contributed by atoms with Gasteiger partial charge in [-0.05, 0) is 36.3 Å². The number of aromatic nitrogens is 3. The number of aryl methyl sites for hydroxylation is 1. The van der Waals surface area contributed by atoms with E-state index in [1.165, 1.54) is 0 Å². The van der Waals surface area contributed by atoms with Gasteiger partial charge in [0, 0.05) is 29.7 Å². The predicted molar refractivity (Wildman–Crippen MR) is 103 cm³/mol. The highest BCUT2D eigenvalue weighted by Gasteiger charge is 2.04. The molecular formula is C21H19N3O2. The summed E-state index contributed by atoms with van der Waals surface area (Å²) < 4.78 is 2.06. The van der Waals surface area contributed by atoms with Crippen molar-refractivity contribution in [2.24, 2.45) is 7.05 Å². The topological polar surface area (TPSA) is 73.8 Å². The zero-order chi connectivity index (χ0) is 18.1. The largest absolute Gasteiger partial charge is 0.508 e. The molecular weight excluding hydrogens is 326 g/mol. The fraction of sp³-hybridized carbons (Fsp3) is 0.0952. The third kappa shape index (κ3) is 2.95. The molecule has 0 atom stereocenters. The summed E-state index contributed by atoms with van der Waals surface area (Å²) >= 11 is 0. The van der Waals surface area contributed by atoms with Gasteiger partial charge in [-0.15, -0.1) is 0 Å². The molecule has 0 fully saturated rings. The molecule has 0 saturated carbocycles. The Bertz CT molecular complexity index is 1240. The number of hydrogen-bond acceptors (Lipinski definition) is 2. The van der Waals surface area contributed by atoms with Crippen LogP contribution in [0, 0.1) is 0 Å². The normalized spacial score (nSPS) is 13.0. The van der Waals surface area contributed by atoms with Crippen molar-refractivity contribution in [3.05, 3.63) is 86.8 Å². The van der Waals surface area contributed by atoms with Gasteiger partial charge in [0.15, 0.2) is 0 Å². The lowest BCUT2D eigenvalue weighted by Crippen LogP contribution is -2.33. The predicted octanol–water partition coefficient (Wildman–Crippen LogP) is 1.75. The maximum absolute atomic E-state index is 12.3. The van der Waals surface area contributed by atoms with Crippen molar-refractivity contribution >= 4 is 23.1 Å². The van der Waals surface area contributed by atoms with Crippen LogP contribution in [0.3, 0.4) is 0 Å². The highest BCUT2D eigenvalue weighted by Crippen LogP contribution is 2.20. The molecule has 2 aromatic carbocycles. The molecule has 26 heavy (non-hydrogen) atoms. The first-order valence-electron chi connectivity index (χ1n) is 8.42. The Kier molecular flexibility index (Phi) is 3.97. The van der Waals surface area contributed by atoms with E-state index in [0.29, 0.717) is 11.6 Å². The number of H-pyrrole nitrogens is 2. The number of para-hydroxylation sites is 1. The minimum absolute atomic E-state index is 0.144. The molecule has 4 aromatic rings. The number of nitrogens with one attached hydrogen (secondary N) is 2. The van der Waals surface area contributed by atoms with Crippen molar-refractivity contribution in [3.63, 3.8) is 0 Å². The van der Waals surface area contributed by atoms with Gasteiger partial charge < -0.3 is 9.67 Å². The van der Waals surface area contributed by atoms with Crippen molar-refractivity contribution in [2.45, 2.75) is 6.42 Å². The third-order valence-electron chi connectivity index (χ3n) is 4.55. The van der Waals surface area contributed by atoms with Crippen LogP contribution < -0.4 is 16.1 Å². The molecule has 2 heterocycles. The summed E-state index contributed by atoms with van der Waals surface area (Å²) in [5.74, 6) is 0.244. The minimum Gasteiger partial charge on any atom is -0.508 e. The van der Waals surface area contributed by atoms with Crippen molar-refractivity contribution in [3.8, 4) is 5.75 Å². The summed E-state index contributed by atoms with van der Waals surface area (Å²) in [5, 5.41) is 17.5. The average Bonchev–Trinajstić information content (AvgIpc) is 3.16. The molecule has 0 aliphatic heterocycles. The van der Waals surface area contributed by atoms with Crippen LogP contribution in [0.5, 0.6) is 5.75 Å². The van der Waals surface area contributed by atoms with Gasteiger partial charge in [-0.2, -0.15) is 0 Å². The molecule has 5 heteroatoms. The molecule has 5 nitrogen and oxygen atoms in total. The third-order valence-corrected chi connectivity index (χ3v) is 4.55. The highest BCUT2D eigenvalue weighted by atomic mass is 16.3. The molecule has 0 aliphatic rings. The number of rotatable bonds is 3. The zero-order valence-electron chi connectivity index (χ0n) is 14.4. The van der Waals surface area contributed by atoms with Crippen LogP contribution >= 0.6 is 0 Å². The molecule has 0 unspecified atom stereocenters. The van der Waals surface area contributed by atoms with E-state index in [9.17, 15) is 9.90 Å². The number of nitrogens with zero attached hydrogens (tertiary/aromatic N) is 1. The number of hydrogen-bond donors (Lipinski definition) is 3. The first-order valence-corrected chi connectivity index (χ1v) is 8.42. The second-order valence-electron chi connectivity index (χ2n) is 6.34. The van der Waals surface area contributed by atoms with E-state index in [2.05, 4.69) is 26.9 Å². The summed E-state index contributed by atoms with van der Waals surface area (Å²) in [4.78, 5) is 12.3. The lowest BCUT2D eigenvalue weighted by Gasteiger charge is -1.95. The summed E-state index contributed by atoms with van der Waals surface area (Å²) in [5.41, 5.74) is 3.05. The van der Waals surface area contributed by atoms with Gasteiger partial charge in [-0.25, -0.2) is 0 Å². The average molecular weight is 345 g/mol. The van der Waals surface area contributed by atoms with Crippen LogP contribution in [0.15, 0.2) is 59.5 Å². The van der Waals surface area contributed by atoms with Crippen LogP contribution in [0.4, 0.5) is 0 Å². The summed E-state index contributed by atoms with van der Waals surface area (Å²) in [6, 6.07) is 15.2. The first-order chi connectivity index (χ1) is 12.6. The maximum atomic E-state index is 12.3. The molecule has 3 N–H and O–H groups in total. The second-order valence-corrected chi connectivity index (χ2v) is 6.34. The van der Waals surface area contributed by atoms with Crippen molar-refractivity contribution in [1.82, 2.24) is 14.8 Å². The van der Waals surface area contributed by atoms with E-state index >= 15 is 0 Å². The zero-order valence-corrected chi connectivity index (χ0v) is 14.4. The number of phenols is 1. The van der Waals surface area contributed by atoms with Crippen LogP contribution in [-0.2, 0) is 13.5 Å². The van der Waals surface area contributed by atoms with Crippen molar-refractivity contribution in [1.29, 1.82) is 0 Å². The molecule has 0 spiro atoms. The molecule has 130 valence electrons. The Morgan fingerprint density at radius 2 is 1.85 bits per heavy atom. The lowest BCUT2D eigenvalue weighted by molar-refractivity contribution is 0.475. The van der Waals surface area contributed by atoms with Gasteiger partial charge in [-0.1, -0.05) is 36.4 Å². The van der Waals surface area contributed by atoms with Gasteiger partial charge in [0.25, 0.3) is 5.56 Å². The highest BCUT2D eigenvalue weighted by molar-refractivity contribution is 5.89. The monoisotopic (exact) mass is 345 g/mol. The van der Waals surface area contributed by atoms with Crippen LogP contribution in [-0.4, -0.2) is 19.9 Å². The number of phenolic OH excluding ortho intramolecular Hbond substituents is 1. The van der Waals surface area contributed by atoms with Gasteiger partial charge >= 0.3 is 0 Å². The molecule has 0 radical (unpaired) electrons. The second kappa shape index (κ2) is 6.44. The summed E-state index contributed by atoms with van der Waals surface area (Å²) in [6.07, 6.45) is 6.58. The Morgan fingerprint density at radius 1 is 1.08 bits per heavy atom. The number of aromatic amines is 2. The van der Waals surface area contributed by atoms with E-state index in [0.717, 1.165) is 27.4 Å². The molecule has 0 aliphatic carbocycles. The van der Waals surface area contributed by atoms with Crippen molar-refractivity contribution in [2.75, 3.05) is 0 Å². The number of benzene rings is 2. The summed E-state index contributed by atoms with van der Waals surface area (Å²) in [7, 11) is 2.00. The molecule has 2 aromatic heterocycles. The first kappa shape index (κ1) is 16.0.